The molecule has 0 radical (unpaired) electrons. The number of aryl methyl sites for hydroxylation is 1. The van der Waals surface area contributed by atoms with Crippen molar-refractivity contribution in [2.45, 2.75) is 77.6 Å². The number of unbranched alkanes of at least 4 members (excludes halogenated alkanes) is 9. The van der Waals surface area contributed by atoms with Crippen LogP contribution in [0.2, 0.25) is 5.22 Å². The quantitative estimate of drug-likeness (QED) is 0.424. The maximum absolute atomic E-state index is 5.90. The zero-order valence-electron chi connectivity index (χ0n) is 11.7. The third kappa shape index (κ3) is 7.10. The van der Waals surface area contributed by atoms with Gasteiger partial charge in [-0.3, -0.25) is 0 Å². The monoisotopic (exact) mass is 270 g/mol. The molecule has 0 aromatic carbocycles. The molecule has 1 aromatic heterocycles. The van der Waals surface area contributed by atoms with E-state index in [-0.39, 0.29) is 0 Å². The van der Waals surface area contributed by atoms with Crippen molar-refractivity contribution in [3.63, 3.8) is 0 Å². The molecule has 0 amide bonds. The fourth-order valence-corrected chi connectivity index (χ4v) is 2.51. The average Bonchev–Trinajstić information content (AvgIpc) is 2.77. The van der Waals surface area contributed by atoms with E-state index in [9.17, 15) is 0 Å². The van der Waals surface area contributed by atoms with Gasteiger partial charge in [0.15, 0.2) is 5.22 Å². The van der Waals surface area contributed by atoms with Crippen LogP contribution in [0.25, 0.3) is 0 Å². The number of hydrogen-bond acceptors (Lipinski definition) is 1. The van der Waals surface area contributed by atoms with Gasteiger partial charge in [-0.1, -0.05) is 64.7 Å². The number of furan rings is 1. The van der Waals surface area contributed by atoms with E-state index in [1.807, 2.05) is 6.07 Å². The fourth-order valence-electron chi connectivity index (χ4n) is 2.30. The highest BCUT2D eigenvalue weighted by atomic mass is 35.5. The zero-order chi connectivity index (χ0) is 13.1. The standard InChI is InChI=1S/C16H27ClO/c1-2-3-4-5-6-7-8-9-10-11-12-15-13-14-18-16(15)17/h13-14H,2-12H2,1H3. The van der Waals surface area contributed by atoms with Crippen LogP contribution < -0.4 is 0 Å². The van der Waals surface area contributed by atoms with Crippen LogP contribution in [0.1, 0.15) is 76.7 Å². The van der Waals surface area contributed by atoms with Gasteiger partial charge >= 0.3 is 0 Å². The van der Waals surface area contributed by atoms with Crippen LogP contribution in [0.4, 0.5) is 0 Å². The third-order valence-corrected chi connectivity index (χ3v) is 3.82. The molecule has 0 atom stereocenters. The summed E-state index contributed by atoms with van der Waals surface area (Å²) in [7, 11) is 0. The lowest BCUT2D eigenvalue weighted by Crippen LogP contribution is -1.85. The Morgan fingerprint density at radius 3 is 1.94 bits per heavy atom. The first-order chi connectivity index (χ1) is 8.84. The molecule has 0 spiro atoms. The molecule has 0 bridgehead atoms. The third-order valence-electron chi connectivity index (χ3n) is 3.49. The molecule has 1 rings (SSSR count). The topological polar surface area (TPSA) is 13.1 Å². The highest BCUT2D eigenvalue weighted by Gasteiger charge is 2.02. The summed E-state index contributed by atoms with van der Waals surface area (Å²) in [6.07, 6.45) is 16.5. The van der Waals surface area contributed by atoms with E-state index in [2.05, 4.69) is 6.92 Å². The molecule has 0 saturated carbocycles. The maximum atomic E-state index is 5.90. The molecule has 0 unspecified atom stereocenters. The predicted octanol–water partition coefficient (Wildman–Crippen LogP) is 6.40. The Labute approximate surface area is 117 Å². The minimum absolute atomic E-state index is 0.575. The molecule has 0 aliphatic carbocycles. The molecule has 1 aromatic rings. The van der Waals surface area contributed by atoms with Gasteiger partial charge in [-0.15, -0.1) is 0 Å². The summed E-state index contributed by atoms with van der Waals surface area (Å²) in [5, 5.41) is 0.575. The Hall–Kier alpha value is -0.430. The first-order valence-corrected chi connectivity index (χ1v) is 7.94. The van der Waals surface area contributed by atoms with E-state index in [0.717, 1.165) is 12.0 Å². The smallest absolute Gasteiger partial charge is 0.196 e. The Balaban J connectivity index is 1.83. The minimum atomic E-state index is 0.575. The highest BCUT2D eigenvalue weighted by molar-refractivity contribution is 6.29. The van der Waals surface area contributed by atoms with Gasteiger partial charge in [0.25, 0.3) is 0 Å². The lowest BCUT2D eigenvalue weighted by Gasteiger charge is -2.02. The molecule has 0 fully saturated rings. The van der Waals surface area contributed by atoms with Crippen LogP contribution in [0.5, 0.6) is 0 Å². The normalized spacial score (nSPS) is 11.0. The molecule has 104 valence electrons. The SMILES string of the molecule is CCCCCCCCCCCCc1ccoc1Cl. The summed E-state index contributed by atoms with van der Waals surface area (Å²) in [6.45, 7) is 2.27. The van der Waals surface area contributed by atoms with Crippen molar-refractivity contribution < 1.29 is 4.42 Å². The number of halogens is 1. The number of hydrogen-bond donors (Lipinski definition) is 0. The van der Waals surface area contributed by atoms with Gasteiger partial charge in [-0.05, 0) is 30.5 Å². The van der Waals surface area contributed by atoms with Gasteiger partial charge in [-0.2, -0.15) is 0 Å². The van der Waals surface area contributed by atoms with Crippen LogP contribution >= 0.6 is 11.6 Å². The molecule has 0 saturated heterocycles. The molecule has 0 aliphatic heterocycles. The van der Waals surface area contributed by atoms with Crippen molar-refractivity contribution in [3.8, 4) is 0 Å². The van der Waals surface area contributed by atoms with Crippen LogP contribution in [0, 0.1) is 0 Å². The van der Waals surface area contributed by atoms with Crippen molar-refractivity contribution in [2.75, 3.05) is 0 Å². The Morgan fingerprint density at radius 2 is 1.44 bits per heavy atom. The number of rotatable bonds is 11. The second kappa shape index (κ2) is 10.5. The van der Waals surface area contributed by atoms with Gasteiger partial charge in [0.05, 0.1) is 6.26 Å². The Bertz CT molecular complexity index is 293. The molecule has 1 nitrogen and oxygen atoms in total. The highest BCUT2D eigenvalue weighted by Crippen LogP contribution is 2.19. The van der Waals surface area contributed by atoms with Crippen LogP contribution in [0.3, 0.4) is 0 Å². The lowest BCUT2D eigenvalue weighted by molar-refractivity contribution is 0.551. The van der Waals surface area contributed by atoms with E-state index in [1.165, 1.54) is 64.2 Å². The molecule has 18 heavy (non-hydrogen) atoms. The first-order valence-electron chi connectivity index (χ1n) is 7.56. The summed E-state index contributed by atoms with van der Waals surface area (Å²) in [5.41, 5.74) is 1.16. The van der Waals surface area contributed by atoms with Crippen LogP contribution in [0.15, 0.2) is 16.7 Å². The Kier molecular flexibility index (Phi) is 9.11. The summed E-state index contributed by atoms with van der Waals surface area (Å²) in [4.78, 5) is 0. The molecule has 0 N–H and O–H groups in total. The molecule has 0 aliphatic rings. The summed E-state index contributed by atoms with van der Waals surface area (Å²) < 4.78 is 5.07. The summed E-state index contributed by atoms with van der Waals surface area (Å²) in [5.74, 6) is 0. The van der Waals surface area contributed by atoms with Crippen molar-refractivity contribution in [3.05, 3.63) is 23.1 Å². The maximum Gasteiger partial charge on any atom is 0.196 e. The largest absolute Gasteiger partial charge is 0.453 e. The second-order valence-corrected chi connectivity index (χ2v) is 5.49. The van der Waals surface area contributed by atoms with E-state index in [1.54, 1.807) is 6.26 Å². The van der Waals surface area contributed by atoms with E-state index in [4.69, 9.17) is 16.0 Å². The van der Waals surface area contributed by atoms with Crippen LogP contribution in [-0.4, -0.2) is 0 Å². The molecule has 2 heteroatoms. The van der Waals surface area contributed by atoms with Crippen molar-refractivity contribution >= 4 is 11.6 Å². The first kappa shape index (κ1) is 15.6. The fraction of sp³-hybridized carbons (Fsp3) is 0.750. The lowest BCUT2D eigenvalue weighted by atomic mass is 10.0. The van der Waals surface area contributed by atoms with Gasteiger partial charge in [0.2, 0.25) is 0 Å². The average molecular weight is 271 g/mol. The molecule has 1 heterocycles. The Morgan fingerprint density at radius 1 is 0.889 bits per heavy atom. The van der Waals surface area contributed by atoms with Gasteiger partial charge < -0.3 is 4.42 Å². The van der Waals surface area contributed by atoms with Gasteiger partial charge in [0.1, 0.15) is 0 Å². The predicted molar refractivity (Wildman–Crippen MR) is 79.3 cm³/mol. The van der Waals surface area contributed by atoms with Crippen molar-refractivity contribution in [2.24, 2.45) is 0 Å². The van der Waals surface area contributed by atoms with Gasteiger partial charge in [0, 0.05) is 5.56 Å². The zero-order valence-corrected chi connectivity index (χ0v) is 12.5. The van der Waals surface area contributed by atoms with Crippen molar-refractivity contribution in [1.29, 1.82) is 0 Å². The van der Waals surface area contributed by atoms with E-state index >= 15 is 0 Å². The second-order valence-electron chi connectivity index (χ2n) is 5.15. The molecular formula is C16H27ClO. The van der Waals surface area contributed by atoms with Crippen molar-refractivity contribution in [1.82, 2.24) is 0 Å². The van der Waals surface area contributed by atoms with E-state index in [0.29, 0.717) is 5.22 Å². The summed E-state index contributed by atoms with van der Waals surface area (Å²) >= 11 is 5.90. The summed E-state index contributed by atoms with van der Waals surface area (Å²) in [6, 6.07) is 1.98. The van der Waals surface area contributed by atoms with Crippen LogP contribution in [-0.2, 0) is 6.42 Å². The van der Waals surface area contributed by atoms with Gasteiger partial charge in [-0.25, -0.2) is 0 Å². The van der Waals surface area contributed by atoms with E-state index < -0.39 is 0 Å². The minimum Gasteiger partial charge on any atom is -0.453 e. The molecular weight excluding hydrogens is 244 g/mol.